The van der Waals surface area contributed by atoms with Gasteiger partial charge in [-0.05, 0) is 44.1 Å². The maximum Gasteiger partial charge on any atom is 0.390 e. The first-order chi connectivity index (χ1) is 10.8. The third kappa shape index (κ3) is 6.07. The second-order valence-electron chi connectivity index (χ2n) is 5.79. The third-order valence-corrected chi connectivity index (χ3v) is 7.95. The van der Waals surface area contributed by atoms with E-state index in [1.165, 1.54) is 0 Å². The topological polar surface area (TPSA) is 52.6 Å². The zero-order valence-corrected chi connectivity index (χ0v) is 16.3. The number of ketones is 1. The van der Waals surface area contributed by atoms with Crippen molar-refractivity contribution < 1.29 is 18.4 Å². The Morgan fingerprint density at radius 2 is 1.70 bits per heavy atom. The molecule has 0 fully saturated rings. The number of hydrogen-bond acceptors (Lipinski definition) is 5. The molecule has 1 aromatic carbocycles. The number of carbonyl (C=O) groups is 1. The van der Waals surface area contributed by atoms with Gasteiger partial charge in [0, 0.05) is 5.92 Å². The highest BCUT2D eigenvalue weighted by Gasteiger charge is 2.43. The van der Waals surface area contributed by atoms with Crippen LogP contribution in [0.1, 0.15) is 40.2 Å². The van der Waals surface area contributed by atoms with Gasteiger partial charge in [0.05, 0.1) is 18.0 Å². The number of hydrogen-bond donors (Lipinski definition) is 0. The Hall–Kier alpha value is -0.610. The van der Waals surface area contributed by atoms with E-state index in [1.807, 2.05) is 51.1 Å². The smallest absolute Gasteiger partial charge is 0.301 e. The monoisotopic (exact) mass is 358 g/mol. The first-order valence-electron chi connectivity index (χ1n) is 7.94. The van der Waals surface area contributed by atoms with E-state index in [1.54, 1.807) is 13.8 Å². The van der Waals surface area contributed by atoms with Crippen LogP contribution in [0, 0.1) is 5.92 Å². The highest BCUT2D eigenvalue weighted by molar-refractivity contribution is 8.56. The lowest BCUT2D eigenvalue weighted by Gasteiger charge is -2.32. The van der Waals surface area contributed by atoms with Crippen molar-refractivity contribution in [2.24, 2.45) is 5.92 Å². The summed E-state index contributed by atoms with van der Waals surface area (Å²) in [7, 11) is 0. The van der Waals surface area contributed by atoms with Gasteiger partial charge in [0.15, 0.2) is 5.78 Å². The average molecular weight is 358 g/mol. The van der Waals surface area contributed by atoms with Gasteiger partial charge in [-0.1, -0.05) is 44.2 Å². The molecule has 0 N–H and O–H groups in total. The maximum atomic E-state index is 12.9. The molecule has 0 radical (unpaired) electrons. The van der Waals surface area contributed by atoms with Crippen LogP contribution in [0.5, 0.6) is 0 Å². The Morgan fingerprint density at radius 1 is 1.17 bits per heavy atom. The lowest BCUT2D eigenvalue weighted by atomic mass is 9.90. The standard InChI is InChI=1S/C17H27O4PS/c1-6-20-22(19,21-7-2)23-17(5,16(18)14(3)4)13-15-11-9-8-10-12-15/h8-12,14H,6-7,13H2,1-5H3. The van der Waals surface area contributed by atoms with Crippen molar-refractivity contribution >= 4 is 24.0 Å². The molecular formula is C17H27O4PS. The number of carbonyl (C=O) groups excluding carboxylic acids is 1. The van der Waals surface area contributed by atoms with Crippen LogP contribution in [-0.4, -0.2) is 23.7 Å². The average Bonchev–Trinajstić information content (AvgIpc) is 2.47. The van der Waals surface area contributed by atoms with Crippen LogP contribution in [0.2, 0.25) is 0 Å². The summed E-state index contributed by atoms with van der Waals surface area (Å²) in [5.41, 5.74) is 1.02. The molecule has 1 rings (SSSR count). The Morgan fingerprint density at radius 3 is 2.13 bits per heavy atom. The molecule has 0 spiro atoms. The molecule has 6 heteroatoms. The molecule has 1 aromatic rings. The normalized spacial score (nSPS) is 14.7. The lowest BCUT2D eigenvalue weighted by molar-refractivity contribution is -0.123. The highest BCUT2D eigenvalue weighted by Crippen LogP contribution is 2.66. The van der Waals surface area contributed by atoms with Crippen molar-refractivity contribution in [3.63, 3.8) is 0 Å². The minimum atomic E-state index is -3.38. The summed E-state index contributed by atoms with van der Waals surface area (Å²) in [6, 6.07) is 9.75. The molecule has 130 valence electrons. The Labute approximate surface area is 143 Å². The van der Waals surface area contributed by atoms with Crippen LogP contribution in [0.15, 0.2) is 30.3 Å². The van der Waals surface area contributed by atoms with Crippen LogP contribution in [0.25, 0.3) is 0 Å². The molecule has 0 aliphatic rings. The number of benzene rings is 1. The van der Waals surface area contributed by atoms with Gasteiger partial charge in [-0.25, -0.2) is 4.57 Å². The van der Waals surface area contributed by atoms with Crippen LogP contribution in [0.4, 0.5) is 0 Å². The molecule has 1 atom stereocenters. The Balaban J connectivity index is 3.13. The molecule has 0 aromatic heterocycles. The van der Waals surface area contributed by atoms with Crippen molar-refractivity contribution in [3.05, 3.63) is 35.9 Å². The third-order valence-electron chi connectivity index (χ3n) is 3.32. The molecular weight excluding hydrogens is 331 g/mol. The van der Waals surface area contributed by atoms with E-state index < -0.39 is 11.5 Å². The van der Waals surface area contributed by atoms with Gasteiger partial charge in [-0.15, -0.1) is 0 Å². The highest BCUT2D eigenvalue weighted by atomic mass is 32.7. The molecule has 0 bridgehead atoms. The van der Waals surface area contributed by atoms with Gasteiger partial charge >= 0.3 is 6.80 Å². The quantitative estimate of drug-likeness (QED) is 0.543. The van der Waals surface area contributed by atoms with E-state index in [0.29, 0.717) is 6.42 Å². The minimum Gasteiger partial charge on any atom is -0.301 e. The minimum absolute atomic E-state index is 0.0472. The van der Waals surface area contributed by atoms with Gasteiger partial charge in [0.25, 0.3) is 0 Å². The largest absolute Gasteiger partial charge is 0.390 e. The predicted molar refractivity (Wildman–Crippen MR) is 96.8 cm³/mol. The summed E-state index contributed by atoms with van der Waals surface area (Å²) >= 11 is 1.04. The van der Waals surface area contributed by atoms with E-state index in [0.717, 1.165) is 16.9 Å². The van der Waals surface area contributed by atoms with Crippen molar-refractivity contribution in [1.82, 2.24) is 0 Å². The van der Waals surface area contributed by atoms with E-state index in [9.17, 15) is 9.36 Å². The van der Waals surface area contributed by atoms with Crippen LogP contribution >= 0.6 is 18.2 Å². The summed E-state index contributed by atoms with van der Waals surface area (Å²) < 4.78 is 22.8. The second-order valence-corrected chi connectivity index (χ2v) is 10.2. The SMILES string of the molecule is CCOP(=O)(OCC)SC(C)(Cc1ccccc1)C(=O)C(C)C. The van der Waals surface area contributed by atoms with Crippen molar-refractivity contribution in [2.75, 3.05) is 13.2 Å². The van der Waals surface area contributed by atoms with Crippen molar-refractivity contribution in [2.45, 2.75) is 45.8 Å². The summed E-state index contributed by atoms with van der Waals surface area (Å²) in [4.78, 5) is 12.8. The first kappa shape index (κ1) is 20.4. The molecule has 4 nitrogen and oxygen atoms in total. The summed E-state index contributed by atoms with van der Waals surface area (Å²) in [5.74, 6) is -0.112. The van der Waals surface area contributed by atoms with Crippen molar-refractivity contribution in [3.8, 4) is 0 Å². The van der Waals surface area contributed by atoms with Gasteiger partial charge in [0.2, 0.25) is 0 Å². The van der Waals surface area contributed by atoms with E-state index in [2.05, 4.69) is 0 Å². The molecule has 0 saturated carbocycles. The molecule has 0 aliphatic heterocycles. The number of rotatable bonds is 10. The molecule has 0 amide bonds. The van der Waals surface area contributed by atoms with Gasteiger partial charge < -0.3 is 9.05 Å². The molecule has 0 heterocycles. The van der Waals surface area contributed by atoms with E-state index in [4.69, 9.17) is 9.05 Å². The van der Waals surface area contributed by atoms with Gasteiger partial charge in [-0.2, -0.15) is 0 Å². The molecule has 23 heavy (non-hydrogen) atoms. The van der Waals surface area contributed by atoms with E-state index in [-0.39, 0.29) is 24.9 Å². The Kier molecular flexibility index (Phi) is 8.02. The summed E-state index contributed by atoms with van der Waals surface area (Å²) in [6.07, 6.45) is 0.486. The van der Waals surface area contributed by atoms with Crippen LogP contribution in [-0.2, 0) is 24.8 Å². The summed E-state index contributed by atoms with van der Waals surface area (Å²) in [6.45, 7) is 6.27. The second kappa shape index (κ2) is 9.03. The maximum absolute atomic E-state index is 12.9. The zero-order chi connectivity index (χ0) is 17.5. The molecule has 0 aliphatic carbocycles. The number of Topliss-reactive ketones (excluding diaryl/α,β-unsaturated/α-hetero) is 1. The molecule has 0 saturated heterocycles. The predicted octanol–water partition coefficient (Wildman–Crippen LogP) is 5.13. The fraction of sp³-hybridized carbons (Fsp3) is 0.588. The van der Waals surface area contributed by atoms with Gasteiger partial charge in [0.1, 0.15) is 0 Å². The van der Waals surface area contributed by atoms with Crippen molar-refractivity contribution in [1.29, 1.82) is 0 Å². The zero-order valence-electron chi connectivity index (χ0n) is 14.6. The van der Waals surface area contributed by atoms with E-state index >= 15 is 0 Å². The summed E-state index contributed by atoms with van der Waals surface area (Å²) in [5, 5.41) is 0. The Bertz CT molecular complexity index is 537. The van der Waals surface area contributed by atoms with Crippen LogP contribution < -0.4 is 0 Å². The first-order valence-corrected chi connectivity index (χ1v) is 10.9. The van der Waals surface area contributed by atoms with Gasteiger partial charge in [-0.3, -0.25) is 4.79 Å². The fourth-order valence-corrected chi connectivity index (χ4v) is 7.17. The lowest BCUT2D eigenvalue weighted by Crippen LogP contribution is -2.37. The van der Waals surface area contributed by atoms with Crippen LogP contribution in [0.3, 0.4) is 0 Å². The molecule has 1 unspecified atom stereocenters. The fourth-order valence-electron chi connectivity index (χ4n) is 2.41.